The van der Waals surface area contributed by atoms with Gasteiger partial charge in [0, 0.05) is 6.54 Å². The molecule has 2 fully saturated rings. The van der Waals surface area contributed by atoms with Crippen molar-refractivity contribution in [1.29, 1.82) is 0 Å². The van der Waals surface area contributed by atoms with E-state index >= 15 is 0 Å². The van der Waals surface area contributed by atoms with Gasteiger partial charge in [-0.1, -0.05) is 0 Å². The monoisotopic (exact) mass is 400 g/mol. The molecule has 0 radical (unpaired) electrons. The average Bonchev–Trinajstić information content (AvgIpc) is 3.11. The van der Waals surface area contributed by atoms with E-state index < -0.39 is 6.09 Å². The molecule has 21 heavy (non-hydrogen) atoms. The van der Waals surface area contributed by atoms with Gasteiger partial charge in [-0.15, -0.1) is 0 Å². The number of nitrogens with zero attached hydrogens (tertiary/aromatic N) is 5. The largest absolute Gasteiger partial charge is 0.465 e. The van der Waals surface area contributed by atoms with Crippen LogP contribution in [0.25, 0.3) is 11.0 Å². The molecule has 1 saturated heterocycles. The van der Waals surface area contributed by atoms with Crippen LogP contribution in [0.1, 0.15) is 18.9 Å². The standard InChI is InChI=1S/C12H13IN6O2/c13-9-8-10(14)15-4-16-11(8)19(17-9)7-2-5-1-6(7)18(3-5)12(20)21/h4-7H,1-3H2,(H,20,21)(H2,14,15,16). The molecule has 2 aromatic rings. The fourth-order valence-corrected chi connectivity index (χ4v) is 4.41. The van der Waals surface area contributed by atoms with Gasteiger partial charge >= 0.3 is 6.09 Å². The van der Waals surface area contributed by atoms with Crippen molar-refractivity contribution in [3.8, 4) is 0 Å². The molecule has 0 spiro atoms. The number of halogens is 1. The Balaban J connectivity index is 1.81. The van der Waals surface area contributed by atoms with Crippen LogP contribution in [0.2, 0.25) is 0 Å². The molecule has 2 aliphatic rings. The van der Waals surface area contributed by atoms with Crippen molar-refractivity contribution in [2.75, 3.05) is 12.3 Å². The molecule has 1 aliphatic heterocycles. The summed E-state index contributed by atoms with van der Waals surface area (Å²) in [6, 6.07) is 0.00255. The predicted octanol–water partition coefficient (Wildman–Crippen LogP) is 1.33. The molecule has 4 rings (SSSR count). The lowest BCUT2D eigenvalue weighted by Crippen LogP contribution is -2.42. The molecular formula is C12H13IN6O2. The zero-order chi connectivity index (χ0) is 14.7. The smallest absolute Gasteiger partial charge is 0.407 e. The molecule has 1 amide bonds. The Morgan fingerprint density at radius 1 is 1.38 bits per heavy atom. The summed E-state index contributed by atoms with van der Waals surface area (Å²) >= 11 is 2.12. The third-order valence-corrected chi connectivity index (χ3v) is 5.24. The fraction of sp³-hybridized carbons (Fsp3) is 0.500. The van der Waals surface area contributed by atoms with Crippen molar-refractivity contribution in [3.63, 3.8) is 0 Å². The number of aromatic nitrogens is 4. The summed E-state index contributed by atoms with van der Waals surface area (Å²) in [6.45, 7) is 0.629. The molecular weight excluding hydrogens is 387 g/mol. The number of amides is 1. The molecule has 3 atom stereocenters. The van der Waals surface area contributed by atoms with Crippen molar-refractivity contribution in [3.05, 3.63) is 10.0 Å². The van der Waals surface area contributed by atoms with Crippen molar-refractivity contribution in [1.82, 2.24) is 24.6 Å². The SMILES string of the molecule is Nc1ncnc2c1c(I)nn2C1CC2CC1N(C(=O)O)C2. The van der Waals surface area contributed by atoms with E-state index in [4.69, 9.17) is 5.73 Å². The van der Waals surface area contributed by atoms with E-state index in [-0.39, 0.29) is 12.1 Å². The van der Waals surface area contributed by atoms with Crippen molar-refractivity contribution in [2.24, 2.45) is 5.92 Å². The number of piperidine rings is 1. The van der Waals surface area contributed by atoms with Crippen LogP contribution < -0.4 is 5.73 Å². The lowest BCUT2D eigenvalue weighted by atomic mass is 10.1. The van der Waals surface area contributed by atoms with Crippen LogP contribution in [0, 0.1) is 9.62 Å². The van der Waals surface area contributed by atoms with Crippen LogP contribution in [-0.4, -0.2) is 48.4 Å². The number of rotatable bonds is 1. The van der Waals surface area contributed by atoms with Gasteiger partial charge in [-0.05, 0) is 41.4 Å². The van der Waals surface area contributed by atoms with Crippen LogP contribution in [0.3, 0.4) is 0 Å². The topological polar surface area (TPSA) is 110 Å². The zero-order valence-electron chi connectivity index (χ0n) is 11.0. The summed E-state index contributed by atoms with van der Waals surface area (Å²) in [5.41, 5.74) is 6.60. The number of nitrogen functional groups attached to an aromatic ring is 1. The Morgan fingerprint density at radius 3 is 2.86 bits per heavy atom. The lowest BCUT2D eigenvalue weighted by molar-refractivity contribution is 0.112. The highest BCUT2D eigenvalue weighted by Crippen LogP contribution is 2.45. The summed E-state index contributed by atoms with van der Waals surface area (Å²) in [6.07, 6.45) is 2.40. The third-order valence-electron chi connectivity index (χ3n) is 4.48. The number of hydrogen-bond acceptors (Lipinski definition) is 5. The summed E-state index contributed by atoms with van der Waals surface area (Å²) in [5.74, 6) is 0.820. The highest BCUT2D eigenvalue weighted by atomic mass is 127. The molecule has 8 nitrogen and oxygen atoms in total. The first kappa shape index (κ1) is 13.0. The lowest BCUT2D eigenvalue weighted by Gasteiger charge is -2.31. The summed E-state index contributed by atoms with van der Waals surface area (Å²) in [7, 11) is 0. The van der Waals surface area contributed by atoms with Gasteiger partial charge in [0.05, 0.1) is 17.5 Å². The van der Waals surface area contributed by atoms with E-state index in [9.17, 15) is 9.90 Å². The minimum Gasteiger partial charge on any atom is -0.465 e. The summed E-state index contributed by atoms with van der Waals surface area (Å²) < 4.78 is 2.60. The van der Waals surface area contributed by atoms with Crippen molar-refractivity contribution in [2.45, 2.75) is 24.9 Å². The molecule has 3 unspecified atom stereocenters. The molecule has 1 aliphatic carbocycles. The Kier molecular flexibility index (Phi) is 2.75. The molecule has 2 aromatic heterocycles. The van der Waals surface area contributed by atoms with Gasteiger partial charge in [0.15, 0.2) is 5.65 Å². The summed E-state index contributed by atoms with van der Waals surface area (Å²) in [4.78, 5) is 21.2. The predicted molar refractivity (Wildman–Crippen MR) is 82.7 cm³/mol. The Bertz CT molecular complexity index is 747. The highest BCUT2D eigenvalue weighted by molar-refractivity contribution is 14.1. The second kappa shape index (κ2) is 4.42. The molecule has 110 valence electrons. The van der Waals surface area contributed by atoms with E-state index in [1.807, 2.05) is 4.68 Å². The Labute approximate surface area is 133 Å². The fourth-order valence-electron chi connectivity index (χ4n) is 3.66. The molecule has 0 aromatic carbocycles. The first-order valence-electron chi connectivity index (χ1n) is 6.70. The Hall–Kier alpha value is -1.65. The minimum absolute atomic E-state index is 0.0254. The van der Waals surface area contributed by atoms with Crippen molar-refractivity contribution >= 4 is 45.5 Å². The average molecular weight is 400 g/mol. The number of nitrogens with two attached hydrogens (primary N) is 1. The number of carboxylic acid groups (broad SMARTS) is 1. The molecule has 3 N–H and O–H groups in total. The quantitative estimate of drug-likeness (QED) is 0.699. The van der Waals surface area contributed by atoms with Gasteiger partial charge in [-0.25, -0.2) is 19.4 Å². The van der Waals surface area contributed by atoms with Crippen LogP contribution in [-0.2, 0) is 0 Å². The number of carbonyl (C=O) groups is 1. The van der Waals surface area contributed by atoms with Crippen LogP contribution in [0.4, 0.5) is 10.6 Å². The minimum atomic E-state index is -0.854. The molecule has 2 bridgehead atoms. The molecule has 3 heterocycles. The van der Waals surface area contributed by atoms with Crippen LogP contribution in [0.5, 0.6) is 0 Å². The van der Waals surface area contributed by atoms with E-state index in [0.29, 0.717) is 23.9 Å². The highest BCUT2D eigenvalue weighted by Gasteiger charge is 2.48. The third kappa shape index (κ3) is 1.79. The zero-order valence-corrected chi connectivity index (χ0v) is 13.1. The van der Waals surface area contributed by atoms with Gasteiger partial charge in [0.25, 0.3) is 0 Å². The van der Waals surface area contributed by atoms with Crippen LogP contribution >= 0.6 is 22.6 Å². The first-order valence-corrected chi connectivity index (χ1v) is 7.78. The van der Waals surface area contributed by atoms with Crippen molar-refractivity contribution < 1.29 is 9.90 Å². The second-order valence-corrected chi connectivity index (χ2v) is 6.62. The van der Waals surface area contributed by atoms with Gasteiger partial charge in [0.2, 0.25) is 0 Å². The normalized spacial score (nSPS) is 27.7. The van der Waals surface area contributed by atoms with Crippen LogP contribution in [0.15, 0.2) is 6.33 Å². The van der Waals surface area contributed by atoms with Gasteiger partial charge in [-0.2, -0.15) is 5.10 Å². The number of hydrogen-bond donors (Lipinski definition) is 2. The van der Waals surface area contributed by atoms with E-state index in [0.717, 1.165) is 21.9 Å². The number of likely N-dealkylation sites (tertiary alicyclic amines) is 1. The maximum Gasteiger partial charge on any atom is 0.407 e. The second-order valence-electron chi connectivity index (χ2n) is 5.60. The van der Waals surface area contributed by atoms with E-state index in [2.05, 4.69) is 37.7 Å². The Morgan fingerprint density at radius 2 is 2.14 bits per heavy atom. The maximum absolute atomic E-state index is 11.3. The van der Waals surface area contributed by atoms with E-state index in [1.165, 1.54) is 11.2 Å². The molecule has 1 saturated carbocycles. The number of anilines is 1. The van der Waals surface area contributed by atoms with Gasteiger partial charge in [0.1, 0.15) is 15.8 Å². The van der Waals surface area contributed by atoms with Gasteiger partial charge < -0.3 is 15.7 Å². The van der Waals surface area contributed by atoms with E-state index in [1.54, 1.807) is 0 Å². The number of fused-ring (bicyclic) bond motifs is 3. The maximum atomic E-state index is 11.3. The molecule has 9 heteroatoms. The van der Waals surface area contributed by atoms with Gasteiger partial charge in [-0.3, -0.25) is 0 Å². The first-order chi connectivity index (χ1) is 10.1. The summed E-state index contributed by atoms with van der Waals surface area (Å²) in [5, 5.41) is 14.6.